The molecule has 0 saturated carbocycles. The summed E-state index contributed by atoms with van der Waals surface area (Å²) in [6, 6.07) is 0. The zero-order chi connectivity index (χ0) is 17.6. The highest BCUT2D eigenvalue weighted by molar-refractivity contribution is 5.81. The molecule has 3 N–H and O–H groups in total. The predicted octanol–water partition coefficient (Wildman–Crippen LogP) is 1.16. The van der Waals surface area contributed by atoms with E-state index in [2.05, 4.69) is 25.2 Å². The molecule has 2 aromatic rings. The third-order valence-corrected chi connectivity index (χ3v) is 6.43. The van der Waals surface area contributed by atoms with E-state index in [9.17, 15) is 0 Å². The van der Waals surface area contributed by atoms with Gasteiger partial charge in [-0.25, -0.2) is 15.0 Å². The van der Waals surface area contributed by atoms with Crippen molar-refractivity contribution in [1.82, 2.24) is 29.7 Å². The molecule has 5 heterocycles. The standard InChI is InChI=1S/C18H27N7O/c19-16-15-17(22-11-21-16)25(12-23-15)14-2-1-13(26-14)9-24-8-5-18(10-24)3-6-20-7-4-18/h11-14,20H,1-10H2,(H2,19,21,22). The van der Waals surface area contributed by atoms with Crippen molar-refractivity contribution in [2.45, 2.75) is 44.4 Å². The summed E-state index contributed by atoms with van der Waals surface area (Å²) in [5, 5.41) is 3.49. The molecule has 2 atom stereocenters. The number of hydrogen-bond acceptors (Lipinski definition) is 7. The smallest absolute Gasteiger partial charge is 0.167 e. The fraction of sp³-hybridized carbons (Fsp3) is 0.722. The van der Waals surface area contributed by atoms with E-state index in [1.54, 1.807) is 6.33 Å². The van der Waals surface area contributed by atoms with E-state index >= 15 is 0 Å². The lowest BCUT2D eigenvalue weighted by Crippen LogP contribution is -2.39. The van der Waals surface area contributed by atoms with Crippen LogP contribution in [0.1, 0.15) is 38.3 Å². The van der Waals surface area contributed by atoms with Crippen LogP contribution in [0.3, 0.4) is 0 Å². The summed E-state index contributed by atoms with van der Waals surface area (Å²) in [5.74, 6) is 0.424. The van der Waals surface area contributed by atoms with E-state index in [-0.39, 0.29) is 12.3 Å². The molecule has 3 aliphatic heterocycles. The highest BCUT2D eigenvalue weighted by Crippen LogP contribution is 2.39. The Morgan fingerprint density at radius 2 is 2.08 bits per heavy atom. The lowest BCUT2D eigenvalue weighted by Gasteiger charge is -2.34. The Kier molecular flexibility index (Phi) is 4.06. The van der Waals surface area contributed by atoms with Crippen LogP contribution in [0.15, 0.2) is 12.7 Å². The van der Waals surface area contributed by atoms with Crippen LogP contribution in [0.4, 0.5) is 5.82 Å². The predicted molar refractivity (Wildman–Crippen MR) is 98.5 cm³/mol. The van der Waals surface area contributed by atoms with Crippen LogP contribution >= 0.6 is 0 Å². The molecule has 0 bridgehead atoms. The topological polar surface area (TPSA) is 94.1 Å². The van der Waals surface area contributed by atoms with Gasteiger partial charge in [0.05, 0.1) is 12.4 Å². The summed E-state index contributed by atoms with van der Waals surface area (Å²) >= 11 is 0. The molecule has 0 aliphatic carbocycles. The first-order valence-corrected chi connectivity index (χ1v) is 9.74. The monoisotopic (exact) mass is 357 g/mol. The number of piperidine rings is 1. The van der Waals surface area contributed by atoms with Crippen molar-refractivity contribution < 1.29 is 4.74 Å². The summed E-state index contributed by atoms with van der Waals surface area (Å²) < 4.78 is 8.36. The fourth-order valence-electron chi connectivity index (χ4n) is 4.94. The maximum absolute atomic E-state index is 6.36. The minimum atomic E-state index is -0.00487. The van der Waals surface area contributed by atoms with E-state index in [1.807, 2.05) is 4.57 Å². The van der Waals surface area contributed by atoms with E-state index in [4.69, 9.17) is 10.5 Å². The van der Waals surface area contributed by atoms with Gasteiger partial charge in [0.25, 0.3) is 0 Å². The average Bonchev–Trinajstić information content (AvgIpc) is 3.36. The quantitative estimate of drug-likeness (QED) is 0.851. The number of nitrogens with two attached hydrogens (primary N) is 1. The van der Waals surface area contributed by atoms with Gasteiger partial charge >= 0.3 is 0 Å². The Hall–Kier alpha value is -1.77. The number of nitrogens with one attached hydrogen (secondary N) is 1. The van der Waals surface area contributed by atoms with E-state index in [1.165, 1.54) is 51.8 Å². The second-order valence-corrected chi connectivity index (χ2v) is 8.11. The number of imidazole rings is 1. The Balaban J connectivity index is 1.23. The highest BCUT2D eigenvalue weighted by Gasteiger charge is 2.40. The van der Waals surface area contributed by atoms with Crippen LogP contribution in [0, 0.1) is 5.41 Å². The molecule has 2 aromatic heterocycles. The Labute approximate surface area is 153 Å². The van der Waals surface area contributed by atoms with Gasteiger partial charge in [-0.05, 0) is 57.2 Å². The molecular formula is C18H27N7O. The van der Waals surface area contributed by atoms with Crippen molar-refractivity contribution in [1.29, 1.82) is 0 Å². The molecule has 26 heavy (non-hydrogen) atoms. The van der Waals surface area contributed by atoms with Crippen LogP contribution in [0.5, 0.6) is 0 Å². The number of anilines is 1. The van der Waals surface area contributed by atoms with E-state index in [0.29, 0.717) is 16.7 Å². The minimum absolute atomic E-state index is 0.00487. The number of nitrogens with zero attached hydrogens (tertiary/aromatic N) is 5. The largest absolute Gasteiger partial charge is 0.382 e. The van der Waals surface area contributed by atoms with Crippen LogP contribution in [0.2, 0.25) is 0 Å². The van der Waals surface area contributed by atoms with Gasteiger partial charge in [0.15, 0.2) is 11.5 Å². The number of ether oxygens (including phenoxy) is 1. The minimum Gasteiger partial charge on any atom is -0.382 e. The molecule has 140 valence electrons. The summed E-state index contributed by atoms with van der Waals surface area (Å²) in [4.78, 5) is 15.3. The lowest BCUT2D eigenvalue weighted by atomic mass is 9.78. The van der Waals surface area contributed by atoms with Gasteiger partial charge in [0.2, 0.25) is 0 Å². The van der Waals surface area contributed by atoms with Crippen LogP contribution in [0.25, 0.3) is 11.2 Å². The maximum atomic E-state index is 6.36. The first-order chi connectivity index (χ1) is 12.7. The number of nitrogen functional groups attached to an aromatic ring is 1. The zero-order valence-electron chi connectivity index (χ0n) is 15.1. The second kappa shape index (κ2) is 6.44. The molecular weight excluding hydrogens is 330 g/mol. The molecule has 5 rings (SSSR count). The maximum Gasteiger partial charge on any atom is 0.167 e. The SMILES string of the molecule is Nc1ncnc2c1ncn2C1CCC(CN2CCC3(CCNCC3)C2)O1. The van der Waals surface area contributed by atoms with Gasteiger partial charge in [0.1, 0.15) is 18.1 Å². The Morgan fingerprint density at radius 3 is 2.96 bits per heavy atom. The van der Waals surface area contributed by atoms with Crippen molar-refractivity contribution in [2.75, 3.05) is 38.5 Å². The van der Waals surface area contributed by atoms with Crippen molar-refractivity contribution in [3.63, 3.8) is 0 Å². The third-order valence-electron chi connectivity index (χ3n) is 6.43. The van der Waals surface area contributed by atoms with Gasteiger partial charge in [-0.15, -0.1) is 0 Å². The number of fused-ring (bicyclic) bond motifs is 1. The summed E-state index contributed by atoms with van der Waals surface area (Å²) in [7, 11) is 0. The molecule has 0 aromatic carbocycles. The molecule has 1 spiro atoms. The molecule has 8 heteroatoms. The van der Waals surface area contributed by atoms with E-state index in [0.717, 1.165) is 25.0 Å². The molecule has 2 unspecified atom stereocenters. The van der Waals surface area contributed by atoms with Crippen molar-refractivity contribution in [2.24, 2.45) is 5.41 Å². The van der Waals surface area contributed by atoms with Crippen molar-refractivity contribution in [3.8, 4) is 0 Å². The van der Waals surface area contributed by atoms with Gasteiger partial charge in [-0.3, -0.25) is 4.57 Å². The fourth-order valence-corrected chi connectivity index (χ4v) is 4.94. The first kappa shape index (κ1) is 16.4. The van der Waals surface area contributed by atoms with Gasteiger partial charge in [-0.2, -0.15) is 0 Å². The third kappa shape index (κ3) is 2.86. The van der Waals surface area contributed by atoms with Crippen molar-refractivity contribution in [3.05, 3.63) is 12.7 Å². The number of hydrogen-bond donors (Lipinski definition) is 2. The Bertz CT molecular complexity index is 785. The molecule has 0 amide bonds. The average molecular weight is 357 g/mol. The second-order valence-electron chi connectivity index (χ2n) is 8.11. The van der Waals surface area contributed by atoms with Gasteiger partial charge < -0.3 is 20.7 Å². The Morgan fingerprint density at radius 1 is 1.19 bits per heavy atom. The van der Waals surface area contributed by atoms with Crippen LogP contribution in [-0.2, 0) is 4.74 Å². The highest BCUT2D eigenvalue weighted by atomic mass is 16.5. The molecule has 3 fully saturated rings. The molecule has 0 radical (unpaired) electrons. The van der Waals surface area contributed by atoms with E-state index < -0.39 is 0 Å². The number of likely N-dealkylation sites (tertiary alicyclic amines) is 1. The molecule has 3 saturated heterocycles. The first-order valence-electron chi connectivity index (χ1n) is 9.74. The van der Waals surface area contributed by atoms with Gasteiger partial charge in [0, 0.05) is 13.1 Å². The number of rotatable bonds is 3. The normalized spacial score (nSPS) is 29.1. The summed E-state index contributed by atoms with van der Waals surface area (Å²) in [6.45, 7) is 5.83. The molecule has 8 nitrogen and oxygen atoms in total. The van der Waals surface area contributed by atoms with Crippen molar-refractivity contribution >= 4 is 17.0 Å². The number of aromatic nitrogens is 4. The van der Waals surface area contributed by atoms with Gasteiger partial charge in [-0.1, -0.05) is 0 Å². The van der Waals surface area contributed by atoms with Crippen LogP contribution in [-0.4, -0.2) is 63.2 Å². The summed E-state index contributed by atoms with van der Waals surface area (Å²) in [5.41, 5.74) is 7.87. The van der Waals surface area contributed by atoms with Crippen LogP contribution < -0.4 is 11.1 Å². The zero-order valence-corrected chi connectivity index (χ0v) is 15.1. The summed E-state index contributed by atoms with van der Waals surface area (Å²) in [6.07, 6.45) is 9.60. The molecule has 3 aliphatic rings. The lowest BCUT2D eigenvalue weighted by molar-refractivity contribution is -0.0104.